The molecule has 1 aromatic carbocycles. The zero-order valence-corrected chi connectivity index (χ0v) is 17.0. The Morgan fingerprint density at radius 2 is 2.04 bits per heavy atom. The van der Waals surface area contributed by atoms with Gasteiger partial charge in [-0.25, -0.2) is 9.78 Å². The maximum absolute atomic E-state index is 12.2. The SMILES string of the molecule is CCC(C)c1nc2ccc(OC3CCN(C(=O)OC(C)(C)C)CC3)cc2[nH]1. The van der Waals surface area contributed by atoms with Crippen molar-refractivity contribution < 1.29 is 14.3 Å². The minimum atomic E-state index is -0.460. The number of benzene rings is 1. The van der Waals surface area contributed by atoms with E-state index < -0.39 is 5.60 Å². The van der Waals surface area contributed by atoms with E-state index in [1.165, 1.54) is 0 Å². The first-order valence-electron chi connectivity index (χ1n) is 9.89. The monoisotopic (exact) mass is 373 g/mol. The van der Waals surface area contributed by atoms with Crippen molar-refractivity contribution in [2.75, 3.05) is 13.1 Å². The van der Waals surface area contributed by atoms with Crippen LogP contribution in [0.5, 0.6) is 5.75 Å². The van der Waals surface area contributed by atoms with Crippen molar-refractivity contribution in [3.05, 3.63) is 24.0 Å². The number of carbonyl (C=O) groups is 1. The van der Waals surface area contributed by atoms with E-state index in [1.807, 2.05) is 39.0 Å². The summed E-state index contributed by atoms with van der Waals surface area (Å²) in [4.78, 5) is 22.0. The third-order valence-electron chi connectivity index (χ3n) is 4.95. The van der Waals surface area contributed by atoms with Gasteiger partial charge in [0, 0.05) is 37.9 Å². The lowest BCUT2D eigenvalue weighted by molar-refractivity contribution is 0.0127. The first-order valence-corrected chi connectivity index (χ1v) is 9.89. The lowest BCUT2D eigenvalue weighted by atomic mass is 10.1. The molecule has 0 radical (unpaired) electrons. The van der Waals surface area contributed by atoms with Crippen LogP contribution in [0.3, 0.4) is 0 Å². The molecule has 1 aromatic heterocycles. The van der Waals surface area contributed by atoms with E-state index in [-0.39, 0.29) is 12.2 Å². The van der Waals surface area contributed by atoms with Crippen molar-refractivity contribution in [1.82, 2.24) is 14.9 Å². The fraction of sp³-hybridized carbons (Fsp3) is 0.619. The van der Waals surface area contributed by atoms with E-state index in [9.17, 15) is 4.79 Å². The first-order chi connectivity index (χ1) is 12.7. The average Bonchev–Trinajstić information content (AvgIpc) is 3.03. The number of hydrogen-bond donors (Lipinski definition) is 1. The van der Waals surface area contributed by atoms with Crippen LogP contribution in [0.4, 0.5) is 4.79 Å². The quantitative estimate of drug-likeness (QED) is 0.831. The number of ether oxygens (including phenoxy) is 2. The minimum absolute atomic E-state index is 0.109. The summed E-state index contributed by atoms with van der Waals surface area (Å²) in [6, 6.07) is 6.00. The predicted molar refractivity (Wildman–Crippen MR) is 106 cm³/mol. The van der Waals surface area contributed by atoms with Gasteiger partial charge in [0.25, 0.3) is 0 Å². The van der Waals surface area contributed by atoms with Gasteiger partial charge in [-0.3, -0.25) is 0 Å². The molecule has 148 valence electrons. The third kappa shape index (κ3) is 4.93. The number of amides is 1. The normalized spacial score (nSPS) is 17.1. The molecule has 27 heavy (non-hydrogen) atoms. The maximum Gasteiger partial charge on any atom is 0.410 e. The van der Waals surface area contributed by atoms with E-state index in [0.29, 0.717) is 19.0 Å². The Balaban J connectivity index is 1.58. The number of aromatic amines is 1. The number of hydrogen-bond acceptors (Lipinski definition) is 4. The molecule has 1 atom stereocenters. The summed E-state index contributed by atoms with van der Waals surface area (Å²) in [6.07, 6.45) is 2.53. The maximum atomic E-state index is 12.2. The van der Waals surface area contributed by atoms with E-state index >= 15 is 0 Å². The fourth-order valence-electron chi connectivity index (χ4n) is 3.18. The van der Waals surface area contributed by atoms with Crippen LogP contribution in [-0.4, -0.2) is 45.8 Å². The van der Waals surface area contributed by atoms with Crippen molar-refractivity contribution >= 4 is 17.1 Å². The topological polar surface area (TPSA) is 67.4 Å². The number of imidazole rings is 1. The predicted octanol–water partition coefficient (Wildman–Crippen LogP) is 4.85. The second-order valence-electron chi connectivity index (χ2n) is 8.39. The third-order valence-corrected chi connectivity index (χ3v) is 4.95. The second kappa shape index (κ2) is 7.79. The molecule has 3 rings (SSSR count). The van der Waals surface area contributed by atoms with Crippen LogP contribution < -0.4 is 4.74 Å². The number of fused-ring (bicyclic) bond motifs is 1. The molecular formula is C21H31N3O3. The largest absolute Gasteiger partial charge is 0.490 e. The number of carbonyl (C=O) groups excluding carboxylic acids is 1. The molecule has 1 fully saturated rings. The van der Waals surface area contributed by atoms with Crippen LogP contribution in [0.15, 0.2) is 18.2 Å². The van der Waals surface area contributed by atoms with Gasteiger partial charge in [-0.05, 0) is 39.3 Å². The molecule has 1 saturated heterocycles. The highest BCUT2D eigenvalue weighted by molar-refractivity contribution is 5.77. The molecule has 1 aliphatic rings. The van der Waals surface area contributed by atoms with Gasteiger partial charge >= 0.3 is 6.09 Å². The number of piperidine rings is 1. The number of likely N-dealkylation sites (tertiary alicyclic amines) is 1. The number of nitrogens with one attached hydrogen (secondary N) is 1. The van der Waals surface area contributed by atoms with Gasteiger partial charge in [-0.2, -0.15) is 0 Å². The lowest BCUT2D eigenvalue weighted by Crippen LogP contribution is -2.44. The van der Waals surface area contributed by atoms with Crippen molar-refractivity contribution in [3.63, 3.8) is 0 Å². The summed E-state index contributed by atoms with van der Waals surface area (Å²) < 4.78 is 11.6. The molecule has 1 amide bonds. The minimum Gasteiger partial charge on any atom is -0.490 e. The van der Waals surface area contributed by atoms with Gasteiger partial charge in [0.1, 0.15) is 23.3 Å². The molecule has 2 aromatic rings. The molecule has 0 aliphatic carbocycles. The summed E-state index contributed by atoms with van der Waals surface area (Å²) in [5.41, 5.74) is 1.52. The fourth-order valence-corrected chi connectivity index (χ4v) is 3.18. The van der Waals surface area contributed by atoms with Crippen LogP contribution in [0.1, 0.15) is 65.6 Å². The Morgan fingerprint density at radius 3 is 2.67 bits per heavy atom. The number of nitrogens with zero attached hydrogens (tertiary/aromatic N) is 2. The molecular weight excluding hydrogens is 342 g/mol. The van der Waals surface area contributed by atoms with E-state index in [2.05, 4.69) is 23.8 Å². The van der Waals surface area contributed by atoms with Gasteiger partial charge < -0.3 is 19.4 Å². The van der Waals surface area contributed by atoms with Gasteiger partial charge in [0.15, 0.2) is 0 Å². The summed E-state index contributed by atoms with van der Waals surface area (Å²) in [7, 11) is 0. The average molecular weight is 373 g/mol. The highest BCUT2D eigenvalue weighted by atomic mass is 16.6. The van der Waals surface area contributed by atoms with Gasteiger partial charge in [0.05, 0.1) is 11.0 Å². The smallest absolute Gasteiger partial charge is 0.410 e. The lowest BCUT2D eigenvalue weighted by Gasteiger charge is -2.33. The van der Waals surface area contributed by atoms with Crippen molar-refractivity contribution in [2.45, 2.75) is 71.5 Å². The van der Waals surface area contributed by atoms with Crippen LogP contribution in [0.25, 0.3) is 11.0 Å². The Hall–Kier alpha value is -2.24. The van der Waals surface area contributed by atoms with Gasteiger partial charge in [-0.15, -0.1) is 0 Å². The van der Waals surface area contributed by atoms with Crippen LogP contribution in [-0.2, 0) is 4.74 Å². The summed E-state index contributed by atoms with van der Waals surface area (Å²) in [5.74, 6) is 2.28. The van der Waals surface area contributed by atoms with E-state index in [1.54, 1.807) is 4.90 Å². The van der Waals surface area contributed by atoms with Crippen molar-refractivity contribution in [1.29, 1.82) is 0 Å². The van der Waals surface area contributed by atoms with Gasteiger partial charge in [-0.1, -0.05) is 13.8 Å². The molecule has 6 nitrogen and oxygen atoms in total. The zero-order valence-electron chi connectivity index (χ0n) is 17.0. The van der Waals surface area contributed by atoms with Crippen molar-refractivity contribution in [3.8, 4) is 5.75 Å². The Labute approximate surface area is 161 Å². The molecule has 1 aliphatic heterocycles. The molecule has 2 heterocycles. The van der Waals surface area contributed by atoms with Crippen LogP contribution >= 0.6 is 0 Å². The number of rotatable bonds is 4. The van der Waals surface area contributed by atoms with Crippen LogP contribution in [0.2, 0.25) is 0 Å². The molecule has 1 N–H and O–H groups in total. The Morgan fingerprint density at radius 1 is 1.33 bits per heavy atom. The standard InChI is InChI=1S/C21H31N3O3/c1-6-14(2)19-22-17-8-7-16(13-18(17)23-19)26-15-9-11-24(12-10-15)20(25)27-21(3,4)5/h7-8,13-15H,6,9-12H2,1-5H3,(H,22,23). The molecule has 1 unspecified atom stereocenters. The summed E-state index contributed by atoms with van der Waals surface area (Å²) in [5, 5.41) is 0. The Bertz CT molecular complexity index is 786. The highest BCUT2D eigenvalue weighted by Gasteiger charge is 2.27. The Kier molecular flexibility index (Phi) is 5.63. The zero-order chi connectivity index (χ0) is 19.6. The summed E-state index contributed by atoms with van der Waals surface area (Å²) in [6.45, 7) is 11.3. The van der Waals surface area contributed by atoms with E-state index in [0.717, 1.165) is 41.9 Å². The molecule has 0 saturated carbocycles. The highest BCUT2D eigenvalue weighted by Crippen LogP contribution is 2.26. The molecule has 6 heteroatoms. The first kappa shape index (κ1) is 19.5. The molecule has 0 bridgehead atoms. The van der Waals surface area contributed by atoms with Crippen molar-refractivity contribution in [2.24, 2.45) is 0 Å². The van der Waals surface area contributed by atoms with Gasteiger partial charge in [0.2, 0.25) is 0 Å². The molecule has 0 spiro atoms. The second-order valence-corrected chi connectivity index (χ2v) is 8.39. The van der Waals surface area contributed by atoms with E-state index in [4.69, 9.17) is 9.47 Å². The number of aromatic nitrogens is 2. The van der Waals surface area contributed by atoms with Crippen LogP contribution in [0, 0.1) is 0 Å². The summed E-state index contributed by atoms with van der Waals surface area (Å²) >= 11 is 0. The number of H-pyrrole nitrogens is 1.